The Kier molecular flexibility index (Phi) is 10.4. The number of amides is 3. The summed E-state index contributed by atoms with van der Waals surface area (Å²) in [5.41, 5.74) is -0.537. The van der Waals surface area contributed by atoms with Crippen LogP contribution in [0.4, 0.5) is 4.79 Å². The third-order valence-electron chi connectivity index (χ3n) is 4.82. The summed E-state index contributed by atoms with van der Waals surface area (Å²) >= 11 is 0. The normalized spacial score (nSPS) is 17.2. The molecule has 1 N–H and O–H groups in total. The Labute approximate surface area is 180 Å². The quantitative estimate of drug-likeness (QED) is 0.406. The molecular weight excluding hydrogens is 384 g/mol. The van der Waals surface area contributed by atoms with Crippen LogP contribution in [0.5, 0.6) is 0 Å². The monoisotopic (exact) mass is 420 g/mol. The van der Waals surface area contributed by atoms with E-state index >= 15 is 0 Å². The summed E-state index contributed by atoms with van der Waals surface area (Å²) in [4.78, 5) is 38.4. The van der Waals surface area contributed by atoms with Crippen molar-refractivity contribution in [1.29, 1.82) is 0 Å². The zero-order valence-electron chi connectivity index (χ0n) is 19.0. The molecule has 0 bridgehead atoms. The largest absolute Gasteiger partial charge is 0.499 e. The lowest BCUT2D eigenvalue weighted by atomic mass is 10.00. The first kappa shape index (κ1) is 25.5. The van der Waals surface area contributed by atoms with Crippen molar-refractivity contribution in [2.75, 3.05) is 13.7 Å². The molecule has 2 atom stereocenters. The van der Waals surface area contributed by atoms with Gasteiger partial charge in [0.05, 0.1) is 13.2 Å². The van der Waals surface area contributed by atoms with Crippen LogP contribution in [0.25, 0.3) is 0 Å². The number of unbranched alkanes of at least 4 members (excludes halogenated alkanes) is 3. The van der Waals surface area contributed by atoms with Crippen molar-refractivity contribution in [2.24, 2.45) is 5.92 Å². The number of hydrogen-bond donors (Lipinski definition) is 1. The number of nitrogens with zero attached hydrogens (tertiary/aromatic N) is 1. The molecule has 7 nitrogen and oxygen atoms in total. The summed E-state index contributed by atoms with van der Waals surface area (Å²) in [7, 11) is 1.51. The first-order valence-electron chi connectivity index (χ1n) is 10.6. The van der Waals surface area contributed by atoms with E-state index in [0.29, 0.717) is 38.0 Å². The van der Waals surface area contributed by atoms with Crippen LogP contribution >= 0.6 is 0 Å². The Hall–Kier alpha value is -2.49. The average molecular weight is 421 g/mol. The zero-order chi connectivity index (χ0) is 22.7. The molecule has 168 valence electrons. The number of alkyl carbamates (subject to hydrolysis) is 1. The van der Waals surface area contributed by atoms with Gasteiger partial charge < -0.3 is 14.8 Å². The summed E-state index contributed by atoms with van der Waals surface area (Å²) in [6, 6.07) is -0.398. The van der Waals surface area contributed by atoms with Gasteiger partial charge in [-0.3, -0.25) is 14.5 Å². The van der Waals surface area contributed by atoms with Crippen LogP contribution in [0, 0.1) is 18.3 Å². The number of carbonyl (C=O) groups is 3. The van der Waals surface area contributed by atoms with E-state index in [0.717, 1.165) is 19.3 Å². The highest BCUT2D eigenvalue weighted by atomic mass is 16.6. The molecule has 0 aromatic rings. The van der Waals surface area contributed by atoms with E-state index in [1.807, 2.05) is 27.7 Å². The minimum Gasteiger partial charge on any atom is -0.499 e. The lowest BCUT2D eigenvalue weighted by Gasteiger charge is -2.27. The second-order valence-electron chi connectivity index (χ2n) is 8.59. The molecule has 0 aromatic heterocycles. The van der Waals surface area contributed by atoms with Gasteiger partial charge in [0.1, 0.15) is 11.4 Å². The van der Waals surface area contributed by atoms with E-state index in [9.17, 15) is 14.4 Å². The van der Waals surface area contributed by atoms with Crippen molar-refractivity contribution in [3.8, 4) is 12.3 Å². The minimum atomic E-state index is -0.537. The predicted octanol–water partition coefficient (Wildman–Crippen LogP) is 3.78. The minimum absolute atomic E-state index is 0.180. The van der Waals surface area contributed by atoms with Gasteiger partial charge >= 0.3 is 6.09 Å². The Balaban J connectivity index is 2.55. The molecule has 3 amide bonds. The van der Waals surface area contributed by atoms with Crippen LogP contribution in [0.3, 0.4) is 0 Å². The molecule has 30 heavy (non-hydrogen) atoms. The van der Waals surface area contributed by atoms with Gasteiger partial charge in [-0.2, -0.15) is 0 Å². The van der Waals surface area contributed by atoms with E-state index in [4.69, 9.17) is 15.9 Å². The van der Waals surface area contributed by atoms with E-state index in [2.05, 4.69) is 11.2 Å². The van der Waals surface area contributed by atoms with Crippen molar-refractivity contribution in [3.05, 3.63) is 11.8 Å². The number of methoxy groups -OCH3 is 1. The molecule has 0 aromatic carbocycles. The van der Waals surface area contributed by atoms with Crippen molar-refractivity contribution in [3.63, 3.8) is 0 Å². The number of nitrogens with one attached hydrogen (secondary N) is 1. The molecule has 1 aliphatic heterocycles. The number of carbonyl (C=O) groups excluding carboxylic acids is 3. The molecule has 0 spiro atoms. The Morgan fingerprint density at radius 3 is 2.57 bits per heavy atom. The number of rotatable bonds is 11. The third-order valence-corrected chi connectivity index (χ3v) is 4.82. The second-order valence-corrected chi connectivity index (χ2v) is 8.59. The van der Waals surface area contributed by atoms with Gasteiger partial charge in [-0.05, 0) is 52.9 Å². The van der Waals surface area contributed by atoms with Gasteiger partial charge in [0, 0.05) is 25.0 Å². The molecule has 0 unspecified atom stereocenters. The maximum absolute atomic E-state index is 12.9. The third kappa shape index (κ3) is 8.48. The van der Waals surface area contributed by atoms with Gasteiger partial charge in [0.25, 0.3) is 5.91 Å². The Morgan fingerprint density at radius 1 is 1.27 bits per heavy atom. The van der Waals surface area contributed by atoms with Gasteiger partial charge in [0.15, 0.2) is 0 Å². The highest BCUT2D eigenvalue weighted by molar-refractivity contribution is 6.04. The summed E-state index contributed by atoms with van der Waals surface area (Å²) < 4.78 is 10.6. The molecule has 0 aliphatic carbocycles. The zero-order valence-corrected chi connectivity index (χ0v) is 19.0. The Bertz CT molecular complexity index is 672. The van der Waals surface area contributed by atoms with Gasteiger partial charge in [-0.1, -0.05) is 13.3 Å². The standard InChI is InChI=1S/C23H36N2O5/c1-7-8-9-10-13-17(2)21(27)25-18(19(29-6)16-20(25)26)14-11-12-15-24-22(28)30-23(3,4)5/h1,16-18H,8-15H2,2-6H3,(H,24,28)/t17-,18-/m1/s1. The Morgan fingerprint density at radius 2 is 1.97 bits per heavy atom. The van der Waals surface area contributed by atoms with E-state index in [1.165, 1.54) is 18.1 Å². The summed E-state index contributed by atoms with van der Waals surface area (Å²) in [5.74, 6) is 2.34. The smallest absolute Gasteiger partial charge is 0.407 e. The highest BCUT2D eigenvalue weighted by Crippen LogP contribution is 2.27. The van der Waals surface area contributed by atoms with E-state index < -0.39 is 17.7 Å². The van der Waals surface area contributed by atoms with Crippen molar-refractivity contribution < 1.29 is 23.9 Å². The van der Waals surface area contributed by atoms with Crippen LogP contribution in [0.2, 0.25) is 0 Å². The molecule has 0 radical (unpaired) electrons. The van der Waals surface area contributed by atoms with Gasteiger partial charge in [0.2, 0.25) is 5.91 Å². The fourth-order valence-corrected chi connectivity index (χ4v) is 3.30. The van der Waals surface area contributed by atoms with Crippen LogP contribution in [-0.4, -0.2) is 48.1 Å². The summed E-state index contributed by atoms with van der Waals surface area (Å²) in [6.07, 6.45) is 11.3. The first-order chi connectivity index (χ1) is 14.1. The van der Waals surface area contributed by atoms with Gasteiger partial charge in [-0.15, -0.1) is 12.3 Å². The van der Waals surface area contributed by atoms with Crippen LogP contribution in [0.1, 0.15) is 72.6 Å². The SMILES string of the molecule is C#CCCCC[C@@H](C)C(=O)N1C(=O)C=C(OC)[C@H]1CCCCNC(=O)OC(C)(C)C. The fraction of sp³-hybridized carbons (Fsp3) is 0.696. The molecule has 1 heterocycles. The maximum atomic E-state index is 12.9. The summed E-state index contributed by atoms with van der Waals surface area (Å²) in [6.45, 7) is 7.73. The number of imide groups is 1. The molecule has 0 saturated carbocycles. The van der Waals surface area contributed by atoms with Gasteiger partial charge in [-0.25, -0.2) is 4.79 Å². The van der Waals surface area contributed by atoms with Crippen LogP contribution in [0.15, 0.2) is 11.8 Å². The number of hydrogen-bond acceptors (Lipinski definition) is 5. The average Bonchev–Trinajstić information content (AvgIpc) is 2.98. The molecule has 1 rings (SSSR count). The lowest BCUT2D eigenvalue weighted by Crippen LogP contribution is -2.43. The topological polar surface area (TPSA) is 84.9 Å². The summed E-state index contributed by atoms with van der Waals surface area (Å²) in [5, 5.41) is 2.72. The predicted molar refractivity (Wildman–Crippen MR) is 115 cm³/mol. The molecule has 0 saturated heterocycles. The number of ether oxygens (including phenoxy) is 2. The maximum Gasteiger partial charge on any atom is 0.407 e. The lowest BCUT2D eigenvalue weighted by molar-refractivity contribution is -0.146. The van der Waals surface area contributed by atoms with Crippen LogP contribution < -0.4 is 5.32 Å². The fourth-order valence-electron chi connectivity index (χ4n) is 3.30. The van der Waals surface area contributed by atoms with E-state index in [-0.39, 0.29) is 17.7 Å². The molecule has 1 aliphatic rings. The van der Waals surface area contributed by atoms with E-state index in [1.54, 1.807) is 0 Å². The van der Waals surface area contributed by atoms with Crippen molar-refractivity contribution in [1.82, 2.24) is 10.2 Å². The van der Waals surface area contributed by atoms with Crippen LogP contribution in [-0.2, 0) is 19.1 Å². The molecule has 0 fully saturated rings. The second kappa shape index (κ2) is 12.3. The number of terminal acetylenes is 1. The highest BCUT2D eigenvalue weighted by Gasteiger charge is 2.39. The molecular formula is C23H36N2O5. The van der Waals surface area contributed by atoms with Crippen molar-refractivity contribution in [2.45, 2.75) is 84.3 Å². The first-order valence-corrected chi connectivity index (χ1v) is 10.6. The molecule has 7 heteroatoms. The van der Waals surface area contributed by atoms with Crippen molar-refractivity contribution >= 4 is 17.9 Å².